The molecule has 0 bridgehead atoms. The SMILES string of the molecule is Nc1cc(C(=O)NCCCn2ncc3ccccc32)ccn1. The van der Waals surface area contributed by atoms with Crippen molar-refractivity contribution in [2.75, 3.05) is 12.3 Å². The van der Waals surface area contributed by atoms with Crippen molar-refractivity contribution in [1.82, 2.24) is 20.1 Å². The predicted octanol–water partition coefficient (Wildman–Crippen LogP) is 1.83. The molecule has 0 spiro atoms. The molecule has 112 valence electrons. The summed E-state index contributed by atoms with van der Waals surface area (Å²) in [6, 6.07) is 11.3. The number of rotatable bonds is 5. The number of fused-ring (bicyclic) bond motifs is 1. The van der Waals surface area contributed by atoms with Crippen molar-refractivity contribution >= 4 is 22.6 Å². The third-order valence-electron chi connectivity index (χ3n) is 3.43. The van der Waals surface area contributed by atoms with Gasteiger partial charge in [0.2, 0.25) is 0 Å². The summed E-state index contributed by atoms with van der Waals surface area (Å²) in [4.78, 5) is 15.8. The van der Waals surface area contributed by atoms with Gasteiger partial charge in [0.25, 0.3) is 5.91 Å². The summed E-state index contributed by atoms with van der Waals surface area (Å²) in [7, 11) is 0. The fourth-order valence-corrected chi connectivity index (χ4v) is 2.33. The highest BCUT2D eigenvalue weighted by Gasteiger charge is 2.06. The van der Waals surface area contributed by atoms with Gasteiger partial charge < -0.3 is 11.1 Å². The van der Waals surface area contributed by atoms with Gasteiger partial charge in [0.15, 0.2) is 0 Å². The number of aryl methyl sites for hydroxylation is 1. The molecule has 3 aromatic rings. The van der Waals surface area contributed by atoms with Crippen molar-refractivity contribution < 1.29 is 4.79 Å². The van der Waals surface area contributed by atoms with Crippen LogP contribution in [0.2, 0.25) is 0 Å². The van der Waals surface area contributed by atoms with Crippen molar-refractivity contribution in [2.24, 2.45) is 0 Å². The van der Waals surface area contributed by atoms with E-state index < -0.39 is 0 Å². The van der Waals surface area contributed by atoms with Gasteiger partial charge in [-0.1, -0.05) is 18.2 Å². The van der Waals surface area contributed by atoms with E-state index in [4.69, 9.17) is 5.73 Å². The molecule has 3 N–H and O–H groups in total. The normalized spacial score (nSPS) is 10.7. The molecule has 0 aliphatic rings. The van der Waals surface area contributed by atoms with E-state index in [1.807, 2.05) is 35.1 Å². The quantitative estimate of drug-likeness (QED) is 0.703. The Morgan fingerprint density at radius 3 is 3.00 bits per heavy atom. The minimum absolute atomic E-state index is 0.139. The van der Waals surface area contributed by atoms with E-state index in [0.29, 0.717) is 17.9 Å². The average Bonchev–Trinajstić information content (AvgIpc) is 2.95. The zero-order valence-electron chi connectivity index (χ0n) is 12.1. The number of carbonyl (C=O) groups is 1. The molecule has 6 heteroatoms. The third-order valence-corrected chi connectivity index (χ3v) is 3.43. The third kappa shape index (κ3) is 3.06. The van der Waals surface area contributed by atoms with Crippen molar-refractivity contribution in [3.8, 4) is 0 Å². The molecule has 6 nitrogen and oxygen atoms in total. The molecular formula is C16H17N5O. The summed E-state index contributed by atoms with van der Waals surface area (Å²) >= 11 is 0. The van der Waals surface area contributed by atoms with Crippen molar-refractivity contribution in [3.63, 3.8) is 0 Å². The molecule has 2 aromatic heterocycles. The summed E-state index contributed by atoms with van der Waals surface area (Å²) in [5, 5.41) is 8.36. The van der Waals surface area contributed by atoms with E-state index in [-0.39, 0.29) is 5.91 Å². The molecule has 1 aromatic carbocycles. The van der Waals surface area contributed by atoms with Crippen LogP contribution in [0.1, 0.15) is 16.8 Å². The number of para-hydroxylation sites is 1. The Balaban J connectivity index is 1.52. The molecule has 22 heavy (non-hydrogen) atoms. The molecule has 0 unspecified atom stereocenters. The lowest BCUT2D eigenvalue weighted by molar-refractivity contribution is 0.0952. The van der Waals surface area contributed by atoms with Gasteiger partial charge in [-0.15, -0.1) is 0 Å². The van der Waals surface area contributed by atoms with Gasteiger partial charge in [0.05, 0.1) is 11.7 Å². The number of nitrogens with zero attached hydrogens (tertiary/aromatic N) is 3. The summed E-state index contributed by atoms with van der Waals surface area (Å²) in [5.41, 5.74) is 7.20. The first kappa shape index (κ1) is 14.1. The van der Waals surface area contributed by atoms with Gasteiger partial charge in [0, 0.05) is 30.2 Å². The Bertz CT molecular complexity index is 796. The number of nitrogens with one attached hydrogen (secondary N) is 1. The van der Waals surface area contributed by atoms with Crippen LogP contribution in [0.15, 0.2) is 48.8 Å². The van der Waals surface area contributed by atoms with Crippen LogP contribution in [0.5, 0.6) is 0 Å². The Morgan fingerprint density at radius 2 is 2.14 bits per heavy atom. The summed E-state index contributed by atoms with van der Waals surface area (Å²) in [5.74, 6) is 0.204. The second kappa shape index (κ2) is 6.26. The minimum atomic E-state index is -0.139. The van der Waals surface area contributed by atoms with E-state index in [2.05, 4.69) is 15.4 Å². The van der Waals surface area contributed by atoms with E-state index in [9.17, 15) is 4.79 Å². The molecule has 0 aliphatic carbocycles. The van der Waals surface area contributed by atoms with Crippen LogP contribution in [-0.4, -0.2) is 27.2 Å². The fraction of sp³-hybridized carbons (Fsp3) is 0.188. The van der Waals surface area contributed by atoms with Crippen molar-refractivity contribution in [1.29, 1.82) is 0 Å². The lowest BCUT2D eigenvalue weighted by Gasteiger charge is -2.06. The van der Waals surface area contributed by atoms with Gasteiger partial charge >= 0.3 is 0 Å². The topological polar surface area (TPSA) is 85.8 Å². The molecule has 0 saturated heterocycles. The number of anilines is 1. The number of benzene rings is 1. The Morgan fingerprint density at radius 1 is 1.27 bits per heavy atom. The van der Waals surface area contributed by atoms with Crippen LogP contribution in [0.3, 0.4) is 0 Å². The Kier molecular flexibility index (Phi) is 4.00. The first-order valence-electron chi connectivity index (χ1n) is 7.14. The van der Waals surface area contributed by atoms with E-state index in [0.717, 1.165) is 23.9 Å². The van der Waals surface area contributed by atoms with Crippen molar-refractivity contribution in [3.05, 3.63) is 54.4 Å². The van der Waals surface area contributed by atoms with Gasteiger partial charge in [-0.2, -0.15) is 5.10 Å². The highest BCUT2D eigenvalue weighted by molar-refractivity contribution is 5.94. The minimum Gasteiger partial charge on any atom is -0.384 e. The monoisotopic (exact) mass is 295 g/mol. The number of aromatic nitrogens is 3. The summed E-state index contributed by atoms with van der Waals surface area (Å²) < 4.78 is 1.95. The molecule has 1 amide bonds. The first-order valence-corrected chi connectivity index (χ1v) is 7.14. The molecule has 3 rings (SSSR count). The van der Waals surface area contributed by atoms with Gasteiger partial charge in [-0.05, 0) is 24.6 Å². The van der Waals surface area contributed by atoms with Crippen molar-refractivity contribution in [2.45, 2.75) is 13.0 Å². The van der Waals surface area contributed by atoms with Gasteiger partial charge in [-0.25, -0.2) is 4.98 Å². The van der Waals surface area contributed by atoms with Crippen LogP contribution in [0.4, 0.5) is 5.82 Å². The lowest BCUT2D eigenvalue weighted by atomic mass is 10.2. The average molecular weight is 295 g/mol. The number of hydrogen-bond donors (Lipinski definition) is 2. The van der Waals surface area contributed by atoms with Crippen LogP contribution in [-0.2, 0) is 6.54 Å². The smallest absolute Gasteiger partial charge is 0.251 e. The standard InChI is InChI=1S/C16H17N5O/c17-15-10-12(6-8-18-15)16(22)19-7-3-9-21-14-5-2-1-4-13(14)11-20-21/h1-2,4-6,8,10-11H,3,7,9H2,(H2,17,18)(H,19,22). The largest absolute Gasteiger partial charge is 0.384 e. The number of hydrogen-bond acceptors (Lipinski definition) is 4. The number of carbonyl (C=O) groups excluding carboxylic acids is 1. The number of nitrogen functional groups attached to an aromatic ring is 1. The van der Waals surface area contributed by atoms with Crippen LogP contribution in [0.25, 0.3) is 10.9 Å². The Hall–Kier alpha value is -2.89. The predicted molar refractivity (Wildman–Crippen MR) is 85.3 cm³/mol. The fourth-order valence-electron chi connectivity index (χ4n) is 2.33. The van der Waals surface area contributed by atoms with Crippen LogP contribution < -0.4 is 11.1 Å². The Labute approximate surface area is 128 Å². The first-order chi connectivity index (χ1) is 10.7. The molecule has 0 saturated carbocycles. The summed E-state index contributed by atoms with van der Waals surface area (Å²) in [6.45, 7) is 1.33. The van der Waals surface area contributed by atoms with Crippen LogP contribution >= 0.6 is 0 Å². The van der Waals surface area contributed by atoms with Gasteiger partial charge in [0.1, 0.15) is 5.82 Å². The second-order valence-corrected chi connectivity index (χ2v) is 5.01. The molecule has 0 aliphatic heterocycles. The highest BCUT2D eigenvalue weighted by atomic mass is 16.1. The molecule has 0 atom stereocenters. The number of pyridine rings is 1. The molecule has 2 heterocycles. The molecule has 0 fully saturated rings. The summed E-state index contributed by atoms with van der Waals surface area (Å²) in [6.07, 6.45) is 4.19. The van der Waals surface area contributed by atoms with E-state index in [1.165, 1.54) is 6.20 Å². The maximum atomic E-state index is 12.0. The van der Waals surface area contributed by atoms with E-state index >= 15 is 0 Å². The maximum absolute atomic E-state index is 12.0. The molecular weight excluding hydrogens is 278 g/mol. The molecule has 0 radical (unpaired) electrons. The van der Waals surface area contributed by atoms with Gasteiger partial charge in [-0.3, -0.25) is 9.48 Å². The van der Waals surface area contributed by atoms with Crippen LogP contribution in [0, 0.1) is 0 Å². The van der Waals surface area contributed by atoms with E-state index in [1.54, 1.807) is 12.1 Å². The number of nitrogens with two attached hydrogens (primary N) is 1. The lowest BCUT2D eigenvalue weighted by Crippen LogP contribution is -2.25. The zero-order valence-corrected chi connectivity index (χ0v) is 12.1. The second-order valence-electron chi connectivity index (χ2n) is 5.01. The number of amides is 1. The maximum Gasteiger partial charge on any atom is 0.251 e. The zero-order chi connectivity index (χ0) is 15.4. The highest BCUT2D eigenvalue weighted by Crippen LogP contribution is 2.12.